The van der Waals surface area contributed by atoms with Gasteiger partial charge in [0.1, 0.15) is 13.2 Å². The highest BCUT2D eigenvalue weighted by atomic mass is 32.2. The van der Waals surface area contributed by atoms with Gasteiger partial charge in [-0.25, -0.2) is 13.6 Å². The van der Waals surface area contributed by atoms with Crippen LogP contribution in [-0.4, -0.2) is 39.0 Å². The van der Waals surface area contributed by atoms with Gasteiger partial charge in [0.15, 0.2) is 11.5 Å². The lowest BCUT2D eigenvalue weighted by Crippen LogP contribution is -2.30. The second-order valence-corrected chi connectivity index (χ2v) is 8.90. The first kappa shape index (κ1) is 19.7. The summed E-state index contributed by atoms with van der Waals surface area (Å²) in [5, 5.41) is 5.12. The van der Waals surface area contributed by atoms with Crippen molar-refractivity contribution in [1.82, 2.24) is 4.90 Å². The van der Waals surface area contributed by atoms with Gasteiger partial charge < -0.3 is 14.4 Å². The molecular formula is C21H24N2O5S. The summed E-state index contributed by atoms with van der Waals surface area (Å²) in [6.07, 6.45) is 2.81. The van der Waals surface area contributed by atoms with Crippen LogP contribution in [0.1, 0.15) is 36.4 Å². The topological polar surface area (TPSA) is 98.9 Å². The number of likely N-dealkylation sites (tertiary alicyclic amines) is 1. The SMILES string of the molecule is NS(=O)(=O)c1ccc(CCC(=O)N2CCCC2c2ccc3c(c2)OCCO3)cc1. The quantitative estimate of drug-likeness (QED) is 0.807. The minimum atomic E-state index is -3.70. The first-order valence-corrected chi connectivity index (χ1v) is 11.3. The van der Waals surface area contributed by atoms with Crippen molar-refractivity contribution >= 4 is 15.9 Å². The van der Waals surface area contributed by atoms with Crippen LogP contribution in [0.4, 0.5) is 0 Å². The predicted molar refractivity (Wildman–Crippen MR) is 107 cm³/mol. The molecule has 2 aromatic carbocycles. The normalized spacial score (nSPS) is 18.7. The van der Waals surface area contributed by atoms with E-state index < -0.39 is 10.0 Å². The average Bonchev–Trinajstić information content (AvgIpc) is 3.21. The molecule has 7 nitrogen and oxygen atoms in total. The molecule has 0 bridgehead atoms. The van der Waals surface area contributed by atoms with Gasteiger partial charge >= 0.3 is 0 Å². The number of sulfonamides is 1. The molecule has 0 aliphatic carbocycles. The van der Waals surface area contributed by atoms with Crippen molar-refractivity contribution in [3.05, 3.63) is 53.6 Å². The van der Waals surface area contributed by atoms with Gasteiger partial charge in [0.25, 0.3) is 0 Å². The third kappa shape index (κ3) is 4.38. The highest BCUT2D eigenvalue weighted by Gasteiger charge is 2.30. The summed E-state index contributed by atoms with van der Waals surface area (Å²) >= 11 is 0. The molecule has 1 atom stereocenters. The fourth-order valence-electron chi connectivity index (χ4n) is 3.92. The molecule has 2 aliphatic rings. The number of aryl methyl sites for hydroxylation is 1. The van der Waals surface area contributed by atoms with Gasteiger partial charge in [0.2, 0.25) is 15.9 Å². The summed E-state index contributed by atoms with van der Waals surface area (Å²) in [6, 6.07) is 12.3. The van der Waals surface area contributed by atoms with Crippen LogP contribution in [0.25, 0.3) is 0 Å². The van der Waals surface area contributed by atoms with Crippen LogP contribution < -0.4 is 14.6 Å². The van der Waals surface area contributed by atoms with Crippen molar-refractivity contribution in [2.24, 2.45) is 5.14 Å². The lowest BCUT2D eigenvalue weighted by atomic mass is 10.0. The van der Waals surface area contributed by atoms with Crippen LogP contribution >= 0.6 is 0 Å². The third-order valence-electron chi connectivity index (χ3n) is 5.40. The summed E-state index contributed by atoms with van der Waals surface area (Å²) in [7, 11) is -3.70. The Bertz CT molecular complexity index is 1000. The Morgan fingerprint density at radius 2 is 1.79 bits per heavy atom. The molecule has 1 saturated heterocycles. The number of nitrogens with two attached hydrogens (primary N) is 1. The number of fused-ring (bicyclic) bond motifs is 1. The maximum Gasteiger partial charge on any atom is 0.238 e. The lowest BCUT2D eigenvalue weighted by molar-refractivity contribution is -0.132. The predicted octanol–water partition coefficient (Wildman–Crippen LogP) is 2.40. The number of carbonyl (C=O) groups is 1. The molecule has 2 aromatic rings. The number of ether oxygens (including phenoxy) is 2. The Kier molecular flexibility index (Phi) is 5.47. The van der Waals surface area contributed by atoms with Crippen molar-refractivity contribution in [1.29, 1.82) is 0 Å². The van der Waals surface area contributed by atoms with Crippen LogP contribution in [0.3, 0.4) is 0 Å². The maximum absolute atomic E-state index is 12.9. The number of hydrogen-bond acceptors (Lipinski definition) is 5. The van der Waals surface area contributed by atoms with E-state index in [1.807, 2.05) is 23.1 Å². The van der Waals surface area contributed by atoms with Crippen molar-refractivity contribution in [2.45, 2.75) is 36.6 Å². The molecular weight excluding hydrogens is 392 g/mol. The van der Waals surface area contributed by atoms with E-state index in [0.717, 1.165) is 42.0 Å². The fourth-order valence-corrected chi connectivity index (χ4v) is 4.44. The van der Waals surface area contributed by atoms with Crippen molar-refractivity contribution < 1.29 is 22.7 Å². The van der Waals surface area contributed by atoms with E-state index in [0.29, 0.717) is 26.1 Å². The molecule has 0 aromatic heterocycles. The van der Waals surface area contributed by atoms with E-state index in [-0.39, 0.29) is 16.8 Å². The van der Waals surface area contributed by atoms with Crippen molar-refractivity contribution in [3.8, 4) is 11.5 Å². The van der Waals surface area contributed by atoms with E-state index in [1.54, 1.807) is 12.1 Å². The second-order valence-electron chi connectivity index (χ2n) is 7.34. The third-order valence-corrected chi connectivity index (χ3v) is 6.33. The Morgan fingerprint density at radius 1 is 1.07 bits per heavy atom. The lowest BCUT2D eigenvalue weighted by Gasteiger charge is -2.27. The van der Waals surface area contributed by atoms with Crippen LogP contribution in [0.5, 0.6) is 11.5 Å². The van der Waals surface area contributed by atoms with Crippen molar-refractivity contribution in [2.75, 3.05) is 19.8 Å². The summed E-state index contributed by atoms with van der Waals surface area (Å²) in [5.74, 6) is 1.58. The number of benzene rings is 2. The number of nitrogens with zero attached hydrogens (tertiary/aromatic N) is 1. The van der Waals surface area contributed by atoms with Crippen molar-refractivity contribution in [3.63, 3.8) is 0 Å². The number of primary sulfonamides is 1. The zero-order chi connectivity index (χ0) is 20.4. The van der Waals surface area contributed by atoms with Gasteiger partial charge in [-0.05, 0) is 54.7 Å². The van der Waals surface area contributed by atoms with Crippen LogP contribution in [0.15, 0.2) is 47.4 Å². The smallest absolute Gasteiger partial charge is 0.238 e. The van der Waals surface area contributed by atoms with Gasteiger partial charge in [-0.1, -0.05) is 18.2 Å². The Morgan fingerprint density at radius 3 is 2.52 bits per heavy atom. The van der Waals surface area contributed by atoms with Gasteiger partial charge in [-0.3, -0.25) is 4.79 Å². The monoisotopic (exact) mass is 416 g/mol. The largest absolute Gasteiger partial charge is 0.486 e. The molecule has 2 heterocycles. The van der Waals surface area contributed by atoms with Crippen LogP contribution in [0, 0.1) is 0 Å². The molecule has 2 aliphatic heterocycles. The molecule has 0 saturated carbocycles. The Labute approximate surface area is 170 Å². The molecule has 0 radical (unpaired) electrons. The number of amides is 1. The number of rotatable bonds is 5. The average molecular weight is 416 g/mol. The molecule has 1 fully saturated rings. The zero-order valence-corrected chi connectivity index (χ0v) is 16.9. The Balaban J connectivity index is 1.41. The highest BCUT2D eigenvalue weighted by Crippen LogP contribution is 2.38. The van der Waals surface area contributed by atoms with Gasteiger partial charge in [0.05, 0.1) is 10.9 Å². The molecule has 1 unspecified atom stereocenters. The van der Waals surface area contributed by atoms with Crippen LogP contribution in [0.2, 0.25) is 0 Å². The maximum atomic E-state index is 12.9. The number of hydrogen-bond donors (Lipinski definition) is 1. The summed E-state index contributed by atoms with van der Waals surface area (Å²) in [4.78, 5) is 14.9. The molecule has 154 valence electrons. The van der Waals surface area contributed by atoms with E-state index in [9.17, 15) is 13.2 Å². The van der Waals surface area contributed by atoms with E-state index in [2.05, 4.69) is 0 Å². The zero-order valence-electron chi connectivity index (χ0n) is 16.0. The van der Waals surface area contributed by atoms with Crippen LogP contribution in [-0.2, 0) is 21.2 Å². The molecule has 4 rings (SSSR count). The minimum absolute atomic E-state index is 0.0445. The highest BCUT2D eigenvalue weighted by molar-refractivity contribution is 7.89. The van der Waals surface area contributed by atoms with Gasteiger partial charge in [-0.15, -0.1) is 0 Å². The fraction of sp³-hybridized carbons (Fsp3) is 0.381. The second kappa shape index (κ2) is 8.04. The summed E-state index contributed by atoms with van der Waals surface area (Å²) < 4.78 is 33.9. The van der Waals surface area contributed by atoms with E-state index in [1.165, 1.54) is 12.1 Å². The molecule has 2 N–H and O–H groups in total. The summed E-state index contributed by atoms with van der Waals surface area (Å²) in [6.45, 7) is 1.83. The van der Waals surface area contributed by atoms with Gasteiger partial charge in [0, 0.05) is 13.0 Å². The molecule has 29 heavy (non-hydrogen) atoms. The first-order chi connectivity index (χ1) is 13.9. The Hall–Kier alpha value is -2.58. The minimum Gasteiger partial charge on any atom is -0.486 e. The first-order valence-electron chi connectivity index (χ1n) is 9.72. The number of carbonyl (C=O) groups excluding carboxylic acids is 1. The molecule has 1 amide bonds. The molecule has 8 heteroatoms. The molecule has 0 spiro atoms. The van der Waals surface area contributed by atoms with E-state index in [4.69, 9.17) is 14.6 Å². The standard InChI is InChI=1S/C21H24N2O5S/c22-29(25,26)17-7-3-15(4-8-17)5-10-21(24)23-11-1-2-18(23)16-6-9-19-20(14-16)28-13-12-27-19/h3-4,6-9,14,18H,1-2,5,10-13H2,(H2,22,25,26). The summed E-state index contributed by atoms with van der Waals surface area (Å²) in [5.41, 5.74) is 1.97. The van der Waals surface area contributed by atoms with Gasteiger partial charge in [-0.2, -0.15) is 0 Å². The van der Waals surface area contributed by atoms with E-state index >= 15 is 0 Å².